The Balaban J connectivity index is 1.34. The largest absolute Gasteiger partial charge is 0.492 e. The highest BCUT2D eigenvalue weighted by atomic mass is 16.5. The number of nitrogens with one attached hydrogen (secondary N) is 2. The summed E-state index contributed by atoms with van der Waals surface area (Å²) in [6, 6.07) is 3.96. The molecule has 3 aliphatic rings. The molecule has 3 atom stereocenters. The zero-order valence-electron chi connectivity index (χ0n) is 17.9. The fourth-order valence-corrected chi connectivity index (χ4v) is 5.50. The van der Waals surface area contributed by atoms with Crippen molar-refractivity contribution < 1.29 is 14.3 Å². The van der Waals surface area contributed by atoms with Crippen LogP contribution in [0.2, 0.25) is 0 Å². The van der Waals surface area contributed by atoms with Crippen LogP contribution in [0, 0.1) is 17.8 Å². The van der Waals surface area contributed by atoms with E-state index in [1.807, 2.05) is 12.1 Å². The van der Waals surface area contributed by atoms with Gasteiger partial charge in [0.2, 0.25) is 11.8 Å². The van der Waals surface area contributed by atoms with Crippen molar-refractivity contribution in [2.75, 3.05) is 6.61 Å². The monoisotopic (exact) mass is 413 g/mol. The Hall–Kier alpha value is -2.11. The number of hydrogen-bond donors (Lipinski definition) is 2. The lowest BCUT2D eigenvalue weighted by atomic mass is 9.99. The van der Waals surface area contributed by atoms with E-state index >= 15 is 0 Å². The summed E-state index contributed by atoms with van der Waals surface area (Å²) in [6.07, 6.45) is 14.9. The van der Waals surface area contributed by atoms with Gasteiger partial charge in [-0.15, -0.1) is 0 Å². The van der Waals surface area contributed by atoms with Crippen LogP contribution in [0.25, 0.3) is 0 Å². The van der Waals surface area contributed by atoms with Crippen molar-refractivity contribution in [2.45, 2.75) is 82.7 Å². The number of carbonyl (C=O) groups is 2. The van der Waals surface area contributed by atoms with Crippen molar-refractivity contribution in [1.29, 1.82) is 0 Å². The van der Waals surface area contributed by atoms with Gasteiger partial charge in [0.05, 0.1) is 18.7 Å². The third-order valence-corrected chi connectivity index (χ3v) is 7.11. The third kappa shape index (κ3) is 5.73. The smallest absolute Gasteiger partial charge is 0.225 e. The molecule has 6 nitrogen and oxygen atoms in total. The van der Waals surface area contributed by atoms with E-state index in [0.29, 0.717) is 25.0 Å². The summed E-state index contributed by atoms with van der Waals surface area (Å²) in [5, 5.41) is 6.47. The van der Waals surface area contributed by atoms with Crippen molar-refractivity contribution in [1.82, 2.24) is 15.6 Å². The van der Waals surface area contributed by atoms with Gasteiger partial charge < -0.3 is 15.4 Å². The van der Waals surface area contributed by atoms with Crippen molar-refractivity contribution >= 4 is 11.8 Å². The van der Waals surface area contributed by atoms with Gasteiger partial charge in [0, 0.05) is 24.7 Å². The molecule has 0 radical (unpaired) electrons. The summed E-state index contributed by atoms with van der Waals surface area (Å²) < 4.78 is 5.91. The van der Waals surface area contributed by atoms with Gasteiger partial charge in [-0.05, 0) is 62.5 Å². The van der Waals surface area contributed by atoms with E-state index in [9.17, 15) is 9.59 Å². The average molecular weight is 414 g/mol. The summed E-state index contributed by atoms with van der Waals surface area (Å²) in [5.41, 5.74) is 0. The first-order valence-electron chi connectivity index (χ1n) is 11.8. The maximum absolute atomic E-state index is 13.0. The summed E-state index contributed by atoms with van der Waals surface area (Å²) in [7, 11) is 0. The Labute approximate surface area is 179 Å². The molecule has 0 aliphatic heterocycles. The Morgan fingerprint density at radius 1 is 1.00 bits per heavy atom. The molecule has 4 rings (SSSR count). The number of nitrogens with zero attached hydrogens (tertiary/aromatic N) is 1. The second kappa shape index (κ2) is 10.3. The molecule has 2 amide bonds. The van der Waals surface area contributed by atoms with Gasteiger partial charge in [-0.1, -0.05) is 25.7 Å². The molecule has 1 heterocycles. The minimum atomic E-state index is -0.166. The molecular weight excluding hydrogens is 378 g/mol. The molecule has 0 spiro atoms. The molecule has 0 saturated heterocycles. The van der Waals surface area contributed by atoms with E-state index in [0.717, 1.165) is 44.3 Å². The van der Waals surface area contributed by atoms with Crippen molar-refractivity contribution in [3.8, 4) is 5.75 Å². The molecule has 3 saturated carbocycles. The molecule has 2 N–H and O–H groups in total. The highest BCUT2D eigenvalue weighted by molar-refractivity contribution is 5.82. The number of aromatic nitrogens is 1. The summed E-state index contributed by atoms with van der Waals surface area (Å²) in [4.78, 5) is 29.8. The second-order valence-electron chi connectivity index (χ2n) is 9.46. The first-order valence-corrected chi connectivity index (χ1v) is 11.8. The molecule has 0 aromatic carbocycles. The predicted molar refractivity (Wildman–Crippen MR) is 115 cm³/mol. The van der Waals surface area contributed by atoms with Crippen LogP contribution in [0.4, 0.5) is 0 Å². The SMILES string of the molecule is O=C(CC1CCCC1)N[C@@H]1C[C@H](COc2cccnc2)C[C@H]1C(=O)NC1CCCC1. The van der Waals surface area contributed by atoms with E-state index < -0.39 is 0 Å². The topological polar surface area (TPSA) is 80.3 Å². The third-order valence-electron chi connectivity index (χ3n) is 7.11. The number of carbonyl (C=O) groups excluding carboxylic acids is 2. The lowest BCUT2D eigenvalue weighted by Gasteiger charge is -2.23. The summed E-state index contributed by atoms with van der Waals surface area (Å²) >= 11 is 0. The fraction of sp³-hybridized carbons (Fsp3) is 0.708. The van der Waals surface area contributed by atoms with Crippen LogP contribution in [0.3, 0.4) is 0 Å². The summed E-state index contributed by atoms with van der Waals surface area (Å²) in [5.74, 6) is 1.57. The van der Waals surface area contributed by atoms with Crippen molar-refractivity contribution in [2.24, 2.45) is 17.8 Å². The van der Waals surface area contributed by atoms with Crippen LogP contribution < -0.4 is 15.4 Å². The second-order valence-corrected chi connectivity index (χ2v) is 9.46. The Morgan fingerprint density at radius 3 is 2.50 bits per heavy atom. The van der Waals surface area contributed by atoms with Gasteiger partial charge in [-0.25, -0.2) is 0 Å². The van der Waals surface area contributed by atoms with Gasteiger partial charge in [-0.2, -0.15) is 0 Å². The Morgan fingerprint density at radius 2 is 1.77 bits per heavy atom. The van der Waals surface area contributed by atoms with Crippen LogP contribution in [-0.4, -0.2) is 35.5 Å². The first-order chi connectivity index (χ1) is 14.7. The average Bonchev–Trinajstić information content (AvgIpc) is 3.50. The van der Waals surface area contributed by atoms with Gasteiger partial charge >= 0.3 is 0 Å². The maximum atomic E-state index is 13.0. The number of hydrogen-bond acceptors (Lipinski definition) is 4. The fourth-order valence-electron chi connectivity index (χ4n) is 5.50. The van der Waals surface area contributed by atoms with Gasteiger partial charge in [-0.3, -0.25) is 14.6 Å². The molecule has 0 unspecified atom stereocenters. The van der Waals surface area contributed by atoms with E-state index in [2.05, 4.69) is 15.6 Å². The van der Waals surface area contributed by atoms with Crippen molar-refractivity contribution in [3.05, 3.63) is 24.5 Å². The molecule has 3 fully saturated rings. The number of amides is 2. The minimum absolute atomic E-state index is 0.0946. The zero-order valence-corrected chi connectivity index (χ0v) is 17.9. The molecule has 30 heavy (non-hydrogen) atoms. The molecule has 164 valence electrons. The van der Waals surface area contributed by atoms with Crippen LogP contribution in [0.5, 0.6) is 5.75 Å². The Kier molecular flexibility index (Phi) is 7.24. The number of pyridine rings is 1. The molecule has 1 aromatic rings. The highest BCUT2D eigenvalue weighted by Crippen LogP contribution is 2.34. The first kappa shape index (κ1) is 21.1. The lowest BCUT2D eigenvalue weighted by molar-refractivity contribution is -0.127. The van der Waals surface area contributed by atoms with Crippen LogP contribution in [0.1, 0.15) is 70.6 Å². The molecule has 3 aliphatic carbocycles. The Bertz CT molecular complexity index is 699. The molecule has 6 heteroatoms. The molecule has 0 bridgehead atoms. The highest BCUT2D eigenvalue weighted by Gasteiger charge is 2.40. The molecule has 1 aromatic heterocycles. The zero-order chi connectivity index (χ0) is 20.8. The quantitative estimate of drug-likeness (QED) is 0.682. The van der Waals surface area contributed by atoms with Crippen LogP contribution in [-0.2, 0) is 9.59 Å². The molecular formula is C24H35N3O3. The van der Waals surface area contributed by atoms with Gasteiger partial charge in [0.15, 0.2) is 0 Å². The van der Waals surface area contributed by atoms with E-state index in [-0.39, 0.29) is 29.7 Å². The minimum Gasteiger partial charge on any atom is -0.492 e. The maximum Gasteiger partial charge on any atom is 0.225 e. The van der Waals surface area contributed by atoms with Crippen LogP contribution in [0.15, 0.2) is 24.5 Å². The van der Waals surface area contributed by atoms with Gasteiger partial charge in [0.1, 0.15) is 5.75 Å². The predicted octanol–water partition coefficient (Wildman–Crippen LogP) is 3.61. The summed E-state index contributed by atoms with van der Waals surface area (Å²) in [6.45, 7) is 0.550. The van der Waals surface area contributed by atoms with E-state index in [4.69, 9.17) is 4.74 Å². The van der Waals surface area contributed by atoms with Crippen LogP contribution >= 0.6 is 0 Å². The standard InChI is InChI=1S/C24H35N3O3/c28-23(14-17-6-1-2-7-17)27-22-13-18(16-30-20-10-5-11-25-15-20)12-21(22)24(29)26-19-8-3-4-9-19/h5,10-11,15,17-19,21-22H,1-4,6-9,12-14,16H2,(H,26,29)(H,27,28)/t18-,21-,22-/m1/s1. The van der Waals surface area contributed by atoms with E-state index in [1.165, 1.54) is 25.7 Å². The lowest BCUT2D eigenvalue weighted by Crippen LogP contribution is -2.46. The van der Waals surface area contributed by atoms with Gasteiger partial charge in [0.25, 0.3) is 0 Å². The number of ether oxygens (including phenoxy) is 1. The normalized spacial score (nSPS) is 27.3. The number of rotatable bonds is 8. The van der Waals surface area contributed by atoms with Crippen molar-refractivity contribution in [3.63, 3.8) is 0 Å². The van der Waals surface area contributed by atoms with E-state index in [1.54, 1.807) is 12.4 Å².